The number of hydrogen-bond donors (Lipinski definition) is 3. The Balaban J connectivity index is 3.37. The molecule has 0 aliphatic carbocycles. The summed E-state index contributed by atoms with van der Waals surface area (Å²) < 4.78 is 5.49. The molecule has 2 atom stereocenters. The zero-order valence-electron chi connectivity index (χ0n) is 54.1. The summed E-state index contributed by atoms with van der Waals surface area (Å²) in [6.07, 6.45) is 89.1. The molecule has 0 aromatic rings. The molecule has 1 amide bonds. The Labute approximate surface area is 500 Å². The molecule has 0 rings (SSSR count). The minimum absolute atomic E-state index is 0.00352. The summed E-state index contributed by atoms with van der Waals surface area (Å²) in [5, 5.41) is 23.4. The van der Waals surface area contributed by atoms with Gasteiger partial charge in [-0.2, -0.15) is 0 Å². The van der Waals surface area contributed by atoms with E-state index < -0.39 is 12.1 Å². The highest BCUT2D eigenvalue weighted by Crippen LogP contribution is 2.19. The summed E-state index contributed by atoms with van der Waals surface area (Å²) in [7, 11) is 0. The van der Waals surface area contributed by atoms with Crippen molar-refractivity contribution in [2.75, 3.05) is 13.2 Å². The van der Waals surface area contributed by atoms with Crippen molar-refractivity contribution in [3.05, 3.63) is 36.5 Å². The van der Waals surface area contributed by atoms with Crippen LogP contribution in [0.5, 0.6) is 0 Å². The van der Waals surface area contributed by atoms with Crippen molar-refractivity contribution in [2.45, 2.75) is 411 Å². The van der Waals surface area contributed by atoms with Crippen molar-refractivity contribution in [3.63, 3.8) is 0 Å². The second-order valence-corrected chi connectivity index (χ2v) is 24.9. The summed E-state index contributed by atoms with van der Waals surface area (Å²) >= 11 is 0. The van der Waals surface area contributed by atoms with Gasteiger partial charge in [-0.3, -0.25) is 9.59 Å². The molecule has 3 N–H and O–H groups in total. The standard InChI is InChI=1S/C74H141NO5/c1-3-5-7-9-11-13-15-17-19-20-35-39-42-46-50-54-58-62-66-72(77)71(70-76)75-73(78)67-63-59-55-51-47-43-40-36-33-31-29-27-25-23-21-22-24-26-28-30-32-34-37-41-45-49-53-57-61-65-69-80-74(79)68-64-60-56-52-48-44-38-18-16-14-12-10-8-6-4-2/h12,14,18,22,24,38,71-72,76-77H,3-11,13,15-17,19-21,23,25-37,39-70H2,1-2H3,(H,75,78)/b14-12-,24-22-,38-18-. The van der Waals surface area contributed by atoms with Gasteiger partial charge in [0, 0.05) is 12.8 Å². The molecule has 0 aromatic carbocycles. The number of unbranched alkanes of at least 4 members (excludes halogenated alkanes) is 51. The number of aliphatic hydroxyl groups excluding tert-OH is 2. The molecule has 2 unspecified atom stereocenters. The predicted octanol–water partition coefficient (Wildman–Crippen LogP) is 23.5. The third-order valence-electron chi connectivity index (χ3n) is 16.9. The van der Waals surface area contributed by atoms with Gasteiger partial charge in [-0.1, -0.05) is 339 Å². The van der Waals surface area contributed by atoms with Crippen LogP contribution >= 0.6 is 0 Å². The number of ether oxygens (including phenoxy) is 1. The maximum absolute atomic E-state index is 12.5. The van der Waals surface area contributed by atoms with Crippen LogP contribution in [-0.4, -0.2) is 47.4 Å². The van der Waals surface area contributed by atoms with Crippen LogP contribution in [0.15, 0.2) is 36.5 Å². The number of esters is 1. The maximum atomic E-state index is 12.5. The molecule has 80 heavy (non-hydrogen) atoms. The Bertz CT molecular complexity index is 1300. The zero-order chi connectivity index (χ0) is 57.8. The third kappa shape index (κ3) is 65.2. The van der Waals surface area contributed by atoms with Crippen molar-refractivity contribution in [1.29, 1.82) is 0 Å². The topological polar surface area (TPSA) is 95.9 Å². The molecule has 0 spiro atoms. The van der Waals surface area contributed by atoms with Gasteiger partial charge in [0.05, 0.1) is 25.4 Å². The van der Waals surface area contributed by atoms with Crippen LogP contribution in [0.1, 0.15) is 399 Å². The minimum atomic E-state index is -0.664. The predicted molar refractivity (Wildman–Crippen MR) is 352 cm³/mol. The molecule has 472 valence electrons. The van der Waals surface area contributed by atoms with Crippen molar-refractivity contribution in [2.24, 2.45) is 0 Å². The number of hydrogen-bond acceptors (Lipinski definition) is 5. The number of amides is 1. The van der Waals surface area contributed by atoms with E-state index in [0.717, 1.165) is 51.4 Å². The average molecular weight is 1120 g/mol. The molecule has 6 heteroatoms. The van der Waals surface area contributed by atoms with E-state index in [0.29, 0.717) is 25.9 Å². The first-order valence-corrected chi connectivity index (χ1v) is 36.2. The van der Waals surface area contributed by atoms with Crippen molar-refractivity contribution in [1.82, 2.24) is 5.32 Å². The van der Waals surface area contributed by atoms with E-state index in [1.165, 1.54) is 315 Å². The second-order valence-electron chi connectivity index (χ2n) is 24.9. The Kier molecular flexibility index (Phi) is 67.9. The number of carbonyl (C=O) groups is 2. The summed E-state index contributed by atoms with van der Waals surface area (Å²) in [5.41, 5.74) is 0. The first-order chi connectivity index (χ1) is 39.5. The number of aliphatic hydroxyl groups is 2. The number of nitrogens with one attached hydrogen (secondary N) is 1. The van der Waals surface area contributed by atoms with Gasteiger partial charge in [-0.25, -0.2) is 0 Å². The molecule has 0 aliphatic rings. The number of carbonyl (C=O) groups excluding carboxylic acids is 2. The highest BCUT2D eigenvalue weighted by atomic mass is 16.5. The first kappa shape index (κ1) is 78.1. The average Bonchev–Trinajstić information content (AvgIpc) is 3.46. The van der Waals surface area contributed by atoms with Gasteiger partial charge >= 0.3 is 5.97 Å². The second kappa shape index (κ2) is 69.6. The van der Waals surface area contributed by atoms with Gasteiger partial charge in [-0.15, -0.1) is 0 Å². The van der Waals surface area contributed by atoms with Gasteiger partial charge in [0.15, 0.2) is 0 Å². The highest BCUT2D eigenvalue weighted by molar-refractivity contribution is 5.76. The van der Waals surface area contributed by atoms with Gasteiger partial charge < -0.3 is 20.3 Å². The van der Waals surface area contributed by atoms with Crippen molar-refractivity contribution >= 4 is 11.9 Å². The smallest absolute Gasteiger partial charge is 0.305 e. The molecule has 0 fully saturated rings. The van der Waals surface area contributed by atoms with Crippen LogP contribution in [0.3, 0.4) is 0 Å². The van der Waals surface area contributed by atoms with E-state index in [1.807, 2.05) is 0 Å². The molecule has 0 aliphatic heterocycles. The Morgan fingerprint density at radius 3 is 0.988 bits per heavy atom. The number of rotatable bonds is 68. The van der Waals surface area contributed by atoms with Crippen LogP contribution in [0, 0.1) is 0 Å². The summed E-state index contributed by atoms with van der Waals surface area (Å²) in [6.45, 7) is 4.95. The summed E-state index contributed by atoms with van der Waals surface area (Å²) in [4.78, 5) is 24.6. The lowest BCUT2D eigenvalue weighted by Crippen LogP contribution is -2.45. The van der Waals surface area contributed by atoms with E-state index in [4.69, 9.17) is 4.74 Å². The Morgan fingerprint density at radius 1 is 0.350 bits per heavy atom. The maximum Gasteiger partial charge on any atom is 0.305 e. The molecule has 0 saturated carbocycles. The van der Waals surface area contributed by atoms with Crippen molar-refractivity contribution in [3.8, 4) is 0 Å². The number of allylic oxidation sites excluding steroid dienone is 6. The van der Waals surface area contributed by atoms with E-state index in [9.17, 15) is 19.8 Å². The monoisotopic (exact) mass is 1120 g/mol. The van der Waals surface area contributed by atoms with E-state index >= 15 is 0 Å². The van der Waals surface area contributed by atoms with Crippen LogP contribution in [0.25, 0.3) is 0 Å². The fraction of sp³-hybridized carbons (Fsp3) is 0.892. The molecule has 0 aromatic heterocycles. The molecule has 0 heterocycles. The van der Waals surface area contributed by atoms with E-state index in [1.54, 1.807) is 0 Å². The van der Waals surface area contributed by atoms with Crippen LogP contribution < -0.4 is 5.32 Å². The normalized spacial score (nSPS) is 12.7. The summed E-state index contributed by atoms with van der Waals surface area (Å²) in [5.74, 6) is -0.0264. The first-order valence-electron chi connectivity index (χ1n) is 36.2. The quantitative estimate of drug-likeness (QED) is 0.0320. The SMILES string of the molecule is CCCCC/C=C\C/C=C\CCCCCCCC(=O)OCCCCCCCCCCCCCC/C=C\CCCCCCCCCCCCCCCCC(=O)NC(CO)C(O)CCCCCCCCCCCCCCCCCCCC. The minimum Gasteiger partial charge on any atom is -0.466 e. The van der Waals surface area contributed by atoms with Gasteiger partial charge in [0.1, 0.15) is 0 Å². The van der Waals surface area contributed by atoms with Gasteiger partial charge in [0.2, 0.25) is 5.91 Å². The lowest BCUT2D eigenvalue weighted by Gasteiger charge is -2.22. The van der Waals surface area contributed by atoms with Crippen LogP contribution in [0.4, 0.5) is 0 Å². The molecule has 6 nitrogen and oxygen atoms in total. The lowest BCUT2D eigenvalue weighted by molar-refractivity contribution is -0.143. The summed E-state index contributed by atoms with van der Waals surface area (Å²) in [6, 6.07) is -0.541. The molecular formula is C74H141NO5. The van der Waals surface area contributed by atoms with Gasteiger partial charge in [0.25, 0.3) is 0 Å². The van der Waals surface area contributed by atoms with Crippen LogP contribution in [-0.2, 0) is 14.3 Å². The lowest BCUT2D eigenvalue weighted by atomic mass is 10.0. The fourth-order valence-electron chi connectivity index (χ4n) is 11.4. The highest BCUT2D eigenvalue weighted by Gasteiger charge is 2.20. The van der Waals surface area contributed by atoms with E-state index in [2.05, 4.69) is 55.6 Å². The van der Waals surface area contributed by atoms with Crippen LogP contribution in [0.2, 0.25) is 0 Å². The van der Waals surface area contributed by atoms with Gasteiger partial charge in [-0.05, 0) is 83.5 Å². The van der Waals surface area contributed by atoms with E-state index in [-0.39, 0.29) is 18.5 Å². The molecular weight excluding hydrogens is 983 g/mol. The molecule has 0 bridgehead atoms. The largest absolute Gasteiger partial charge is 0.466 e. The fourth-order valence-corrected chi connectivity index (χ4v) is 11.4. The van der Waals surface area contributed by atoms with Crippen molar-refractivity contribution < 1.29 is 24.5 Å². The molecule has 0 radical (unpaired) electrons. The third-order valence-corrected chi connectivity index (χ3v) is 16.9. The zero-order valence-corrected chi connectivity index (χ0v) is 54.1. The Morgan fingerprint density at radius 2 is 0.625 bits per heavy atom. The molecule has 0 saturated heterocycles. The Hall–Kier alpha value is -1.92.